The Bertz CT molecular complexity index is 1000. The van der Waals surface area contributed by atoms with Gasteiger partial charge < -0.3 is 10.1 Å². The maximum Gasteiger partial charge on any atom is 0.243 e. The Labute approximate surface area is 183 Å². The highest BCUT2D eigenvalue weighted by molar-refractivity contribution is 7.89. The van der Waals surface area contributed by atoms with Crippen molar-refractivity contribution in [2.24, 2.45) is 0 Å². The van der Waals surface area contributed by atoms with Gasteiger partial charge in [-0.2, -0.15) is 4.31 Å². The summed E-state index contributed by atoms with van der Waals surface area (Å²) in [5, 5.41) is 2.89. The number of carbonyl (C=O) groups is 1. The van der Waals surface area contributed by atoms with Crippen molar-refractivity contribution >= 4 is 15.9 Å². The van der Waals surface area contributed by atoms with Gasteiger partial charge in [0.1, 0.15) is 11.6 Å². The zero-order chi connectivity index (χ0) is 22.4. The minimum absolute atomic E-state index is 0.176. The molecule has 8 heteroatoms. The monoisotopic (exact) mass is 448 g/mol. The van der Waals surface area contributed by atoms with E-state index in [0.29, 0.717) is 30.8 Å². The molecule has 1 fully saturated rings. The van der Waals surface area contributed by atoms with Gasteiger partial charge in [-0.25, -0.2) is 12.8 Å². The summed E-state index contributed by atoms with van der Waals surface area (Å²) in [6.07, 6.45) is 3.30. The van der Waals surface area contributed by atoms with E-state index in [2.05, 4.69) is 5.32 Å². The first-order chi connectivity index (χ1) is 14.8. The van der Waals surface area contributed by atoms with Crippen LogP contribution in [-0.2, 0) is 21.2 Å². The molecule has 1 heterocycles. The van der Waals surface area contributed by atoms with Crippen LogP contribution in [0.25, 0.3) is 0 Å². The summed E-state index contributed by atoms with van der Waals surface area (Å²) < 4.78 is 46.0. The van der Waals surface area contributed by atoms with Crippen LogP contribution in [0, 0.1) is 5.82 Å². The number of carbonyl (C=O) groups excluding carboxylic acids is 1. The summed E-state index contributed by atoms with van der Waals surface area (Å²) in [5.74, 6) is 0.0499. The lowest BCUT2D eigenvalue weighted by molar-refractivity contribution is -0.121. The molecule has 1 aliphatic heterocycles. The summed E-state index contributed by atoms with van der Waals surface area (Å²) in [4.78, 5) is 12.7. The van der Waals surface area contributed by atoms with Crippen LogP contribution in [0.2, 0.25) is 0 Å². The average molecular weight is 449 g/mol. The molecule has 2 aromatic carbocycles. The number of benzene rings is 2. The molecule has 1 atom stereocenters. The van der Waals surface area contributed by atoms with Crippen LogP contribution in [0.15, 0.2) is 47.4 Å². The molecule has 0 saturated carbocycles. The van der Waals surface area contributed by atoms with Gasteiger partial charge in [0.2, 0.25) is 15.9 Å². The van der Waals surface area contributed by atoms with E-state index in [-0.39, 0.29) is 29.1 Å². The fourth-order valence-electron chi connectivity index (χ4n) is 3.76. The molecule has 0 bridgehead atoms. The Hall–Kier alpha value is -2.45. The zero-order valence-electron chi connectivity index (χ0n) is 17.9. The fourth-order valence-corrected chi connectivity index (χ4v) is 5.33. The van der Waals surface area contributed by atoms with Gasteiger partial charge in [0, 0.05) is 19.5 Å². The number of hydrogen-bond donors (Lipinski definition) is 1. The van der Waals surface area contributed by atoms with E-state index in [1.54, 1.807) is 30.3 Å². The lowest BCUT2D eigenvalue weighted by Crippen LogP contribution is -2.35. The van der Waals surface area contributed by atoms with Crippen molar-refractivity contribution in [3.05, 3.63) is 59.4 Å². The van der Waals surface area contributed by atoms with E-state index >= 15 is 0 Å². The molecule has 0 radical (unpaired) electrons. The van der Waals surface area contributed by atoms with Gasteiger partial charge in [0.05, 0.1) is 18.0 Å². The first-order valence-corrected chi connectivity index (χ1v) is 12.0. The molecule has 1 amide bonds. The Balaban J connectivity index is 1.68. The van der Waals surface area contributed by atoms with Crippen molar-refractivity contribution in [2.45, 2.75) is 50.0 Å². The molecule has 31 heavy (non-hydrogen) atoms. The maximum atomic E-state index is 13.1. The van der Waals surface area contributed by atoms with Crippen LogP contribution in [0.1, 0.15) is 49.8 Å². The molecule has 1 saturated heterocycles. The maximum absolute atomic E-state index is 13.1. The van der Waals surface area contributed by atoms with Crippen molar-refractivity contribution in [1.29, 1.82) is 0 Å². The number of sulfonamides is 1. The molecule has 0 unspecified atom stereocenters. The van der Waals surface area contributed by atoms with Gasteiger partial charge in [-0.3, -0.25) is 4.79 Å². The highest BCUT2D eigenvalue weighted by Gasteiger charge is 2.26. The lowest BCUT2D eigenvalue weighted by atomic mass is 10.1. The smallest absolute Gasteiger partial charge is 0.243 e. The third kappa shape index (κ3) is 5.83. The molecule has 1 aliphatic rings. The largest absolute Gasteiger partial charge is 0.496 e. The van der Waals surface area contributed by atoms with E-state index in [1.165, 1.54) is 23.5 Å². The minimum Gasteiger partial charge on any atom is -0.496 e. The van der Waals surface area contributed by atoms with Gasteiger partial charge >= 0.3 is 0 Å². The number of halogens is 1. The third-order valence-electron chi connectivity index (χ3n) is 5.57. The molecular formula is C23H29FN2O4S. The van der Waals surface area contributed by atoms with Gasteiger partial charge in [0.15, 0.2) is 0 Å². The second kappa shape index (κ2) is 10.2. The number of amides is 1. The van der Waals surface area contributed by atoms with Crippen LogP contribution in [0.5, 0.6) is 5.75 Å². The van der Waals surface area contributed by atoms with Gasteiger partial charge in [-0.1, -0.05) is 18.6 Å². The van der Waals surface area contributed by atoms with E-state index in [0.717, 1.165) is 24.8 Å². The number of ether oxygens (including phenoxy) is 1. The van der Waals surface area contributed by atoms with Crippen molar-refractivity contribution in [3.63, 3.8) is 0 Å². The van der Waals surface area contributed by atoms with Gasteiger partial charge in [-0.05, 0) is 67.6 Å². The molecule has 168 valence electrons. The molecule has 1 N–H and O–H groups in total. The first kappa shape index (κ1) is 23.2. The Morgan fingerprint density at radius 1 is 1.13 bits per heavy atom. The molecule has 6 nitrogen and oxygen atoms in total. The number of aryl methyl sites for hydroxylation is 1. The highest BCUT2D eigenvalue weighted by atomic mass is 32.2. The number of piperidine rings is 1. The van der Waals surface area contributed by atoms with E-state index in [4.69, 9.17) is 4.74 Å². The van der Waals surface area contributed by atoms with Crippen LogP contribution in [-0.4, -0.2) is 38.8 Å². The quantitative estimate of drug-likeness (QED) is 0.666. The molecular weight excluding hydrogens is 419 g/mol. The number of nitrogens with zero attached hydrogens (tertiary/aromatic N) is 1. The minimum atomic E-state index is -3.56. The zero-order valence-corrected chi connectivity index (χ0v) is 18.8. The second-order valence-electron chi connectivity index (χ2n) is 7.78. The number of methoxy groups -OCH3 is 1. The topological polar surface area (TPSA) is 75.7 Å². The first-order valence-electron chi connectivity index (χ1n) is 10.5. The standard InChI is InChI=1S/C23H29FN2O4S/c1-17(18-6-9-20(24)10-7-18)25-23(27)13-8-19-16-21(11-12-22(19)30-2)31(28,29)26-14-4-3-5-15-26/h6-7,9-12,16-17H,3-5,8,13-15H2,1-2H3,(H,25,27)/t17-/m0/s1. The lowest BCUT2D eigenvalue weighted by Gasteiger charge is -2.26. The SMILES string of the molecule is COc1ccc(S(=O)(=O)N2CCCCC2)cc1CCC(=O)N[C@@H](C)c1ccc(F)cc1. The van der Waals surface area contributed by atoms with Crippen molar-refractivity contribution in [1.82, 2.24) is 9.62 Å². The summed E-state index contributed by atoms with van der Waals surface area (Å²) >= 11 is 0. The average Bonchev–Trinajstić information content (AvgIpc) is 2.78. The predicted molar refractivity (Wildman–Crippen MR) is 117 cm³/mol. The van der Waals surface area contributed by atoms with E-state index in [9.17, 15) is 17.6 Å². The van der Waals surface area contributed by atoms with Crippen molar-refractivity contribution in [2.75, 3.05) is 20.2 Å². The summed E-state index contributed by atoms with van der Waals surface area (Å²) in [7, 11) is -2.04. The van der Waals surface area contributed by atoms with E-state index < -0.39 is 10.0 Å². The Morgan fingerprint density at radius 3 is 2.45 bits per heavy atom. The van der Waals surface area contributed by atoms with Crippen LogP contribution >= 0.6 is 0 Å². The second-order valence-corrected chi connectivity index (χ2v) is 9.72. The predicted octanol–water partition coefficient (Wildman–Crippen LogP) is 3.82. The summed E-state index contributed by atoms with van der Waals surface area (Å²) in [6.45, 7) is 2.90. The molecule has 0 spiro atoms. The molecule has 0 aromatic heterocycles. The molecule has 3 rings (SSSR count). The molecule has 2 aromatic rings. The Kier molecular flexibility index (Phi) is 7.67. The van der Waals surface area contributed by atoms with Crippen molar-refractivity contribution < 1.29 is 22.3 Å². The van der Waals surface area contributed by atoms with E-state index in [1.807, 2.05) is 6.92 Å². The summed E-state index contributed by atoms with van der Waals surface area (Å²) in [5.41, 5.74) is 1.48. The highest BCUT2D eigenvalue weighted by Crippen LogP contribution is 2.27. The van der Waals surface area contributed by atoms with Crippen LogP contribution in [0.3, 0.4) is 0 Å². The summed E-state index contributed by atoms with van der Waals surface area (Å²) in [6, 6.07) is 10.5. The van der Waals surface area contributed by atoms with Crippen LogP contribution in [0.4, 0.5) is 4.39 Å². The Morgan fingerprint density at radius 2 is 1.81 bits per heavy atom. The number of nitrogens with one attached hydrogen (secondary N) is 1. The molecule has 0 aliphatic carbocycles. The van der Waals surface area contributed by atoms with Crippen LogP contribution < -0.4 is 10.1 Å². The van der Waals surface area contributed by atoms with Gasteiger partial charge in [-0.15, -0.1) is 0 Å². The van der Waals surface area contributed by atoms with Crippen molar-refractivity contribution in [3.8, 4) is 5.75 Å². The number of rotatable bonds is 8. The van der Waals surface area contributed by atoms with Gasteiger partial charge in [0.25, 0.3) is 0 Å². The third-order valence-corrected chi connectivity index (χ3v) is 7.47. The number of hydrogen-bond acceptors (Lipinski definition) is 4. The fraction of sp³-hybridized carbons (Fsp3) is 0.435. The normalized spacial score (nSPS) is 16.0.